The number of carbonyl (C=O) groups excluding carboxylic acids is 1. The third-order valence-corrected chi connectivity index (χ3v) is 4.97. The molecule has 0 saturated heterocycles. The Hall–Kier alpha value is -1.97. The van der Waals surface area contributed by atoms with Gasteiger partial charge in [-0.3, -0.25) is 4.79 Å². The van der Waals surface area contributed by atoms with Crippen molar-refractivity contribution < 1.29 is 22.0 Å². The quantitative estimate of drug-likeness (QED) is 0.759. The highest BCUT2D eigenvalue weighted by Gasteiger charge is 2.09. The number of hydrogen-bond acceptors (Lipinski definition) is 4. The van der Waals surface area contributed by atoms with Crippen LogP contribution in [0.5, 0.6) is 0 Å². The summed E-state index contributed by atoms with van der Waals surface area (Å²) in [7, 11) is -3.75. The molecule has 0 spiro atoms. The van der Waals surface area contributed by atoms with Crippen molar-refractivity contribution in [2.75, 3.05) is 5.75 Å². The third-order valence-electron chi connectivity index (χ3n) is 2.99. The van der Waals surface area contributed by atoms with Gasteiger partial charge in [0.25, 0.3) is 0 Å². The summed E-state index contributed by atoms with van der Waals surface area (Å²) in [5.41, 5.74) is 0.689. The first-order valence-electron chi connectivity index (χ1n) is 6.72. The van der Waals surface area contributed by atoms with Crippen LogP contribution in [-0.4, -0.2) is 20.1 Å². The van der Waals surface area contributed by atoms with Crippen molar-refractivity contribution in [2.24, 2.45) is 5.14 Å². The fourth-order valence-electron chi connectivity index (χ4n) is 1.78. The molecule has 5 nitrogen and oxygen atoms in total. The first-order valence-corrected chi connectivity index (χ1v) is 9.25. The predicted octanol–water partition coefficient (Wildman–Crippen LogP) is 2.02. The lowest BCUT2D eigenvalue weighted by molar-refractivity contribution is -0.118. The maximum absolute atomic E-state index is 13.4. The van der Waals surface area contributed by atoms with E-state index in [4.69, 9.17) is 5.14 Å². The summed E-state index contributed by atoms with van der Waals surface area (Å²) in [4.78, 5) is 11.9. The number of hydrogen-bond donors (Lipinski definition) is 2. The van der Waals surface area contributed by atoms with Crippen LogP contribution < -0.4 is 10.5 Å². The molecule has 0 aliphatic rings. The van der Waals surface area contributed by atoms with Crippen molar-refractivity contribution in [1.82, 2.24) is 5.32 Å². The van der Waals surface area contributed by atoms with E-state index < -0.39 is 21.7 Å². The van der Waals surface area contributed by atoms with E-state index in [9.17, 15) is 22.0 Å². The molecule has 0 aliphatic carbocycles. The van der Waals surface area contributed by atoms with Gasteiger partial charge in [0.15, 0.2) is 0 Å². The zero-order chi connectivity index (χ0) is 17.7. The van der Waals surface area contributed by atoms with Crippen molar-refractivity contribution in [1.29, 1.82) is 0 Å². The van der Waals surface area contributed by atoms with Crippen molar-refractivity contribution in [3.63, 3.8) is 0 Å². The van der Waals surface area contributed by atoms with E-state index >= 15 is 0 Å². The number of halogens is 2. The molecule has 0 aromatic heterocycles. The van der Waals surface area contributed by atoms with Gasteiger partial charge in [0, 0.05) is 17.5 Å². The largest absolute Gasteiger partial charge is 0.351 e. The highest BCUT2D eigenvalue weighted by atomic mass is 32.2. The maximum Gasteiger partial charge on any atom is 0.238 e. The predicted molar refractivity (Wildman–Crippen MR) is 86.7 cm³/mol. The normalized spacial score (nSPS) is 11.3. The van der Waals surface area contributed by atoms with Gasteiger partial charge in [0.2, 0.25) is 15.9 Å². The minimum absolute atomic E-state index is 0.0140. The van der Waals surface area contributed by atoms with Gasteiger partial charge in [-0.05, 0) is 29.8 Å². The second kappa shape index (κ2) is 7.73. The standard InChI is InChI=1S/C15H14F2N2O3S2/c16-11-3-6-14(13(17)7-11)23-9-15(20)19-8-10-1-4-12(5-2-10)24(18,21)22/h1-7H,8-9H2,(H,19,20)(H2,18,21,22). The average Bonchev–Trinajstić information content (AvgIpc) is 2.51. The van der Waals surface area contributed by atoms with Gasteiger partial charge >= 0.3 is 0 Å². The Kier molecular flexibility index (Phi) is 5.92. The molecule has 2 aromatic carbocycles. The summed E-state index contributed by atoms with van der Waals surface area (Å²) < 4.78 is 48.5. The first kappa shape index (κ1) is 18.4. The smallest absolute Gasteiger partial charge is 0.238 e. The molecule has 128 valence electrons. The Morgan fingerprint density at radius 1 is 1.12 bits per heavy atom. The van der Waals surface area contributed by atoms with Crippen molar-refractivity contribution in [3.8, 4) is 0 Å². The van der Waals surface area contributed by atoms with Crippen LogP contribution in [0.15, 0.2) is 52.3 Å². The molecule has 2 rings (SSSR count). The van der Waals surface area contributed by atoms with Gasteiger partial charge in [-0.1, -0.05) is 12.1 Å². The molecule has 0 atom stereocenters. The molecule has 0 saturated carbocycles. The Bertz CT molecular complexity index is 840. The van der Waals surface area contributed by atoms with Crippen LogP contribution in [-0.2, 0) is 21.4 Å². The summed E-state index contributed by atoms with van der Waals surface area (Å²) in [5.74, 6) is -1.76. The van der Waals surface area contributed by atoms with Gasteiger partial charge in [0.1, 0.15) is 11.6 Å². The number of primary sulfonamides is 1. The molecule has 3 N–H and O–H groups in total. The number of nitrogens with two attached hydrogens (primary N) is 1. The van der Waals surface area contributed by atoms with Crippen molar-refractivity contribution in [2.45, 2.75) is 16.3 Å². The highest BCUT2D eigenvalue weighted by molar-refractivity contribution is 8.00. The highest BCUT2D eigenvalue weighted by Crippen LogP contribution is 2.22. The lowest BCUT2D eigenvalue weighted by Crippen LogP contribution is -2.24. The molecule has 0 bridgehead atoms. The molecule has 0 fully saturated rings. The van der Waals surface area contributed by atoms with Crippen LogP contribution in [0.3, 0.4) is 0 Å². The number of nitrogens with one attached hydrogen (secondary N) is 1. The summed E-state index contributed by atoms with van der Waals surface area (Å²) >= 11 is 0.955. The van der Waals surface area contributed by atoms with Gasteiger partial charge in [-0.25, -0.2) is 22.3 Å². The minimum Gasteiger partial charge on any atom is -0.351 e. The third kappa shape index (κ3) is 5.29. The minimum atomic E-state index is -3.75. The van der Waals surface area contributed by atoms with Crippen molar-refractivity contribution in [3.05, 3.63) is 59.7 Å². The fourth-order valence-corrected chi connectivity index (χ4v) is 3.05. The topological polar surface area (TPSA) is 89.3 Å². The van der Waals surface area contributed by atoms with Crippen LogP contribution >= 0.6 is 11.8 Å². The van der Waals surface area contributed by atoms with E-state index in [1.807, 2.05) is 0 Å². The van der Waals surface area contributed by atoms with Gasteiger partial charge < -0.3 is 5.32 Å². The summed E-state index contributed by atoms with van der Waals surface area (Å²) in [5, 5.41) is 7.61. The second-order valence-corrected chi connectivity index (χ2v) is 7.41. The zero-order valence-electron chi connectivity index (χ0n) is 12.3. The summed E-state index contributed by atoms with van der Waals surface area (Å²) in [6, 6.07) is 8.91. The van der Waals surface area contributed by atoms with E-state index in [2.05, 4.69) is 5.32 Å². The van der Waals surface area contributed by atoms with E-state index in [1.54, 1.807) is 0 Å². The first-order chi connectivity index (χ1) is 11.3. The summed E-state index contributed by atoms with van der Waals surface area (Å²) in [6.45, 7) is 0.191. The Balaban J connectivity index is 1.85. The van der Waals surface area contributed by atoms with E-state index in [0.29, 0.717) is 5.56 Å². The Morgan fingerprint density at radius 3 is 2.38 bits per heavy atom. The Labute approximate surface area is 142 Å². The molecule has 0 radical (unpaired) electrons. The number of benzene rings is 2. The SMILES string of the molecule is NS(=O)(=O)c1ccc(CNC(=O)CSc2ccc(F)cc2F)cc1. The number of carbonyl (C=O) groups is 1. The number of rotatable bonds is 6. The van der Waals surface area contributed by atoms with E-state index in [-0.39, 0.29) is 28.0 Å². The number of amides is 1. The molecule has 1 amide bonds. The summed E-state index contributed by atoms with van der Waals surface area (Å²) in [6.07, 6.45) is 0. The fraction of sp³-hybridized carbons (Fsp3) is 0.133. The van der Waals surface area contributed by atoms with Crippen molar-refractivity contribution >= 4 is 27.7 Å². The monoisotopic (exact) mass is 372 g/mol. The zero-order valence-corrected chi connectivity index (χ0v) is 14.0. The number of thioether (sulfide) groups is 1. The maximum atomic E-state index is 13.4. The molecular weight excluding hydrogens is 358 g/mol. The van der Waals surface area contributed by atoms with Crippen LogP contribution in [0.25, 0.3) is 0 Å². The molecule has 9 heteroatoms. The molecular formula is C15H14F2N2O3S2. The lowest BCUT2D eigenvalue weighted by Gasteiger charge is -2.07. The van der Waals surface area contributed by atoms with Gasteiger partial charge in [0.05, 0.1) is 10.6 Å². The molecule has 0 unspecified atom stereocenters. The van der Waals surface area contributed by atoms with Crippen LogP contribution in [0.4, 0.5) is 8.78 Å². The second-order valence-electron chi connectivity index (χ2n) is 4.83. The molecule has 0 aliphatic heterocycles. The lowest BCUT2D eigenvalue weighted by atomic mass is 10.2. The van der Waals surface area contributed by atoms with Gasteiger partial charge in [-0.2, -0.15) is 0 Å². The molecule has 24 heavy (non-hydrogen) atoms. The van der Waals surface area contributed by atoms with Gasteiger partial charge in [-0.15, -0.1) is 11.8 Å². The number of sulfonamides is 1. The van der Waals surface area contributed by atoms with Crippen LogP contribution in [0.1, 0.15) is 5.56 Å². The van der Waals surface area contributed by atoms with E-state index in [0.717, 1.165) is 23.9 Å². The average molecular weight is 372 g/mol. The van der Waals surface area contributed by atoms with Crippen LogP contribution in [0, 0.1) is 11.6 Å². The van der Waals surface area contributed by atoms with E-state index in [1.165, 1.54) is 30.3 Å². The molecule has 2 aromatic rings. The molecule has 0 heterocycles. The Morgan fingerprint density at radius 2 is 1.79 bits per heavy atom. The van der Waals surface area contributed by atoms with Crippen LogP contribution in [0.2, 0.25) is 0 Å².